The van der Waals surface area contributed by atoms with Crippen molar-refractivity contribution in [3.63, 3.8) is 0 Å². The second-order valence-electron chi connectivity index (χ2n) is 3.68. The fourth-order valence-corrected chi connectivity index (χ4v) is 2.43. The number of aryl methyl sites for hydroxylation is 1. The smallest absolute Gasteiger partial charge is 0.271 e. The fourth-order valence-electron chi connectivity index (χ4n) is 1.46. The van der Waals surface area contributed by atoms with Gasteiger partial charge in [0.05, 0.1) is 6.04 Å². The van der Waals surface area contributed by atoms with Gasteiger partial charge in [0.2, 0.25) is 0 Å². The van der Waals surface area contributed by atoms with E-state index in [4.69, 9.17) is 5.84 Å². The molecule has 0 aliphatic rings. The van der Waals surface area contributed by atoms with Crippen molar-refractivity contribution >= 4 is 11.3 Å². The van der Waals surface area contributed by atoms with E-state index in [1.807, 2.05) is 19.1 Å². The Labute approximate surface area is 96.6 Å². The molecule has 0 aliphatic heterocycles. The molecule has 0 aliphatic carbocycles. The summed E-state index contributed by atoms with van der Waals surface area (Å²) in [6, 6.07) is 3.66. The van der Waals surface area contributed by atoms with Crippen molar-refractivity contribution in [1.29, 1.82) is 0 Å². The Hall–Kier alpha value is -0.590. The summed E-state index contributed by atoms with van der Waals surface area (Å²) in [5.74, 6) is 5.34. The first kappa shape index (κ1) is 13.5. The van der Waals surface area contributed by atoms with E-state index in [2.05, 4.69) is 5.43 Å². The Kier molecular flexibility index (Phi) is 4.76. The van der Waals surface area contributed by atoms with Gasteiger partial charge in [-0.2, -0.15) is 13.2 Å². The third-order valence-corrected chi connectivity index (χ3v) is 3.37. The Morgan fingerprint density at radius 1 is 1.44 bits per heavy atom. The van der Waals surface area contributed by atoms with E-state index in [9.17, 15) is 13.2 Å². The molecular formula is C10H15F3N2S. The third-order valence-electron chi connectivity index (χ3n) is 2.26. The van der Waals surface area contributed by atoms with E-state index in [1.54, 1.807) is 11.3 Å². The van der Waals surface area contributed by atoms with Crippen LogP contribution in [-0.4, -0.2) is 6.18 Å². The van der Waals surface area contributed by atoms with Crippen molar-refractivity contribution < 1.29 is 13.2 Å². The Morgan fingerprint density at radius 2 is 2.12 bits per heavy atom. The minimum atomic E-state index is -4.08. The van der Waals surface area contributed by atoms with Crippen LogP contribution in [0.4, 0.5) is 13.2 Å². The topological polar surface area (TPSA) is 38.0 Å². The van der Waals surface area contributed by atoms with Crippen molar-refractivity contribution in [2.75, 3.05) is 0 Å². The maximum atomic E-state index is 12.0. The minimum absolute atomic E-state index is 0.0926. The van der Waals surface area contributed by atoms with Crippen molar-refractivity contribution in [1.82, 2.24) is 5.43 Å². The normalized spacial score (nSPS) is 14.1. The van der Waals surface area contributed by atoms with Crippen LogP contribution in [-0.2, 0) is 0 Å². The van der Waals surface area contributed by atoms with Gasteiger partial charge in [0.25, 0.3) is 0 Å². The molecule has 0 saturated heterocycles. The highest BCUT2D eigenvalue weighted by Crippen LogP contribution is 2.29. The monoisotopic (exact) mass is 252 g/mol. The molecule has 0 fully saturated rings. The van der Waals surface area contributed by atoms with Crippen LogP contribution in [0.1, 0.15) is 35.1 Å². The van der Waals surface area contributed by atoms with Crippen LogP contribution >= 0.6 is 11.3 Å². The van der Waals surface area contributed by atoms with Gasteiger partial charge in [-0.3, -0.25) is 11.3 Å². The summed E-state index contributed by atoms with van der Waals surface area (Å²) in [5, 5.41) is 0. The SMILES string of the molecule is Cc1ccc(C(CCCC(F)(F)F)NN)s1. The average molecular weight is 252 g/mol. The van der Waals surface area contributed by atoms with Gasteiger partial charge in [-0.1, -0.05) is 0 Å². The van der Waals surface area contributed by atoms with Gasteiger partial charge in [0.1, 0.15) is 0 Å². The van der Waals surface area contributed by atoms with Crippen LogP contribution in [0.25, 0.3) is 0 Å². The van der Waals surface area contributed by atoms with Gasteiger partial charge >= 0.3 is 6.18 Å². The van der Waals surface area contributed by atoms with E-state index in [1.165, 1.54) is 0 Å². The zero-order chi connectivity index (χ0) is 12.2. The third kappa shape index (κ3) is 4.51. The summed E-state index contributed by atoms with van der Waals surface area (Å²) in [5.41, 5.74) is 2.56. The number of nitrogens with one attached hydrogen (secondary N) is 1. The van der Waals surface area contributed by atoms with E-state index in [0.717, 1.165) is 9.75 Å². The van der Waals surface area contributed by atoms with Crippen molar-refractivity contribution in [3.8, 4) is 0 Å². The maximum Gasteiger partial charge on any atom is 0.389 e. The molecule has 6 heteroatoms. The number of thiophene rings is 1. The minimum Gasteiger partial charge on any atom is -0.271 e. The predicted octanol–water partition coefficient (Wildman–Crippen LogP) is 3.29. The molecular weight excluding hydrogens is 237 g/mol. The lowest BCUT2D eigenvalue weighted by atomic mass is 10.1. The molecule has 1 atom stereocenters. The van der Waals surface area contributed by atoms with E-state index >= 15 is 0 Å². The van der Waals surface area contributed by atoms with Gasteiger partial charge < -0.3 is 0 Å². The quantitative estimate of drug-likeness (QED) is 0.623. The maximum absolute atomic E-state index is 12.0. The van der Waals surface area contributed by atoms with Crippen LogP contribution in [0.5, 0.6) is 0 Å². The molecule has 1 unspecified atom stereocenters. The van der Waals surface area contributed by atoms with Crippen molar-refractivity contribution in [2.24, 2.45) is 5.84 Å². The van der Waals surface area contributed by atoms with Gasteiger partial charge in [-0.15, -0.1) is 11.3 Å². The molecule has 0 spiro atoms. The number of hydrogen-bond donors (Lipinski definition) is 2. The molecule has 0 bridgehead atoms. The van der Waals surface area contributed by atoms with E-state index < -0.39 is 12.6 Å². The molecule has 3 N–H and O–H groups in total. The summed E-state index contributed by atoms with van der Waals surface area (Å²) in [6.07, 6.45) is -4.34. The number of rotatable bonds is 5. The summed E-state index contributed by atoms with van der Waals surface area (Å²) >= 11 is 1.55. The highest BCUT2D eigenvalue weighted by molar-refractivity contribution is 7.12. The zero-order valence-electron chi connectivity index (χ0n) is 8.97. The van der Waals surface area contributed by atoms with Crippen molar-refractivity contribution in [3.05, 3.63) is 21.9 Å². The first-order valence-corrected chi connectivity index (χ1v) is 5.83. The fraction of sp³-hybridized carbons (Fsp3) is 0.600. The van der Waals surface area contributed by atoms with E-state index in [0.29, 0.717) is 6.42 Å². The first-order valence-electron chi connectivity index (χ1n) is 5.01. The largest absolute Gasteiger partial charge is 0.389 e. The molecule has 1 aromatic heterocycles. The molecule has 2 nitrogen and oxygen atoms in total. The Morgan fingerprint density at radius 3 is 2.56 bits per heavy atom. The molecule has 1 aromatic rings. The van der Waals surface area contributed by atoms with Crippen LogP contribution < -0.4 is 11.3 Å². The highest BCUT2D eigenvalue weighted by atomic mass is 32.1. The lowest BCUT2D eigenvalue weighted by Gasteiger charge is -2.14. The van der Waals surface area contributed by atoms with Crippen molar-refractivity contribution in [2.45, 2.75) is 38.4 Å². The zero-order valence-corrected chi connectivity index (χ0v) is 9.79. The average Bonchev–Trinajstić information content (AvgIpc) is 2.58. The molecule has 1 rings (SSSR count). The molecule has 1 heterocycles. The second kappa shape index (κ2) is 5.65. The summed E-state index contributed by atoms with van der Waals surface area (Å²) < 4.78 is 35.9. The molecule has 92 valence electrons. The number of alkyl halides is 3. The van der Waals surface area contributed by atoms with Crippen LogP contribution in [0.3, 0.4) is 0 Å². The standard InChI is InChI=1S/C10H15F3N2S/c1-7-4-5-9(16-7)8(15-14)3-2-6-10(11,12)13/h4-5,8,15H,2-3,6,14H2,1H3. The lowest BCUT2D eigenvalue weighted by Crippen LogP contribution is -2.27. The summed E-state index contributed by atoms with van der Waals surface area (Å²) in [4.78, 5) is 2.12. The van der Waals surface area contributed by atoms with Gasteiger partial charge in [0, 0.05) is 16.2 Å². The van der Waals surface area contributed by atoms with Gasteiger partial charge in [-0.25, -0.2) is 0 Å². The number of hydrogen-bond acceptors (Lipinski definition) is 3. The number of halogens is 3. The number of nitrogens with two attached hydrogens (primary N) is 1. The first-order chi connectivity index (χ1) is 7.42. The predicted molar refractivity (Wildman–Crippen MR) is 59.0 cm³/mol. The summed E-state index contributed by atoms with van der Waals surface area (Å²) in [6.45, 7) is 1.96. The van der Waals surface area contributed by atoms with Crippen LogP contribution in [0.15, 0.2) is 12.1 Å². The van der Waals surface area contributed by atoms with Crippen LogP contribution in [0.2, 0.25) is 0 Å². The summed E-state index contributed by atoms with van der Waals surface area (Å²) in [7, 11) is 0. The van der Waals surface area contributed by atoms with Gasteiger partial charge in [-0.05, 0) is 31.9 Å². The molecule has 16 heavy (non-hydrogen) atoms. The molecule has 0 radical (unpaired) electrons. The molecule has 0 aromatic carbocycles. The highest BCUT2D eigenvalue weighted by Gasteiger charge is 2.26. The second-order valence-corrected chi connectivity index (χ2v) is 4.99. The van der Waals surface area contributed by atoms with Gasteiger partial charge in [0.15, 0.2) is 0 Å². The Bertz CT molecular complexity index is 322. The number of hydrazine groups is 1. The molecule has 0 amide bonds. The van der Waals surface area contributed by atoms with Crippen LogP contribution in [0, 0.1) is 6.92 Å². The molecule has 0 saturated carbocycles. The Balaban J connectivity index is 2.44. The lowest BCUT2D eigenvalue weighted by molar-refractivity contribution is -0.135. The van der Waals surface area contributed by atoms with E-state index in [-0.39, 0.29) is 12.5 Å².